The normalized spacial score (nSPS) is 20.1. The molecule has 2 amide bonds. The third-order valence-corrected chi connectivity index (χ3v) is 7.42. The Hall–Kier alpha value is -3.63. The van der Waals surface area contributed by atoms with Crippen LogP contribution in [0.4, 0.5) is 5.69 Å². The van der Waals surface area contributed by atoms with Crippen molar-refractivity contribution >= 4 is 27.5 Å². The quantitative estimate of drug-likeness (QED) is 0.595. The fourth-order valence-electron chi connectivity index (χ4n) is 4.28. The molecule has 3 heterocycles. The van der Waals surface area contributed by atoms with Gasteiger partial charge in [-0.1, -0.05) is 0 Å². The molecular formula is C23H21N3O6S. The van der Waals surface area contributed by atoms with Gasteiger partial charge in [-0.2, -0.15) is 0 Å². The molecule has 0 spiro atoms. The highest BCUT2D eigenvalue weighted by Gasteiger charge is 2.46. The van der Waals surface area contributed by atoms with Gasteiger partial charge in [0.25, 0.3) is 5.91 Å². The summed E-state index contributed by atoms with van der Waals surface area (Å²) >= 11 is 0. The Morgan fingerprint density at radius 1 is 1.12 bits per heavy atom. The van der Waals surface area contributed by atoms with Crippen LogP contribution in [0.3, 0.4) is 0 Å². The van der Waals surface area contributed by atoms with Gasteiger partial charge in [0.05, 0.1) is 35.6 Å². The molecule has 0 saturated carbocycles. The van der Waals surface area contributed by atoms with E-state index in [1.54, 1.807) is 48.7 Å². The highest BCUT2D eigenvalue weighted by molar-refractivity contribution is 7.89. The van der Waals surface area contributed by atoms with Crippen LogP contribution in [0, 0.1) is 0 Å². The van der Waals surface area contributed by atoms with Crippen molar-refractivity contribution in [1.29, 1.82) is 0 Å². The number of sulfonamides is 1. The number of rotatable bonds is 5. The van der Waals surface area contributed by atoms with Crippen molar-refractivity contribution in [3.8, 4) is 17.1 Å². The third kappa shape index (κ3) is 3.77. The summed E-state index contributed by atoms with van der Waals surface area (Å²) in [5.74, 6) is 0.353. The van der Waals surface area contributed by atoms with Gasteiger partial charge in [0.1, 0.15) is 17.6 Å². The molecule has 3 aromatic rings. The second-order valence-electron chi connectivity index (χ2n) is 7.86. The fraction of sp³-hybridized carbons (Fsp3) is 0.217. The van der Waals surface area contributed by atoms with Crippen molar-refractivity contribution in [3.05, 3.63) is 66.4 Å². The van der Waals surface area contributed by atoms with E-state index in [-0.39, 0.29) is 17.3 Å². The summed E-state index contributed by atoms with van der Waals surface area (Å²) in [6.07, 6.45) is 1.85. The molecule has 0 aliphatic carbocycles. The summed E-state index contributed by atoms with van der Waals surface area (Å²) in [7, 11) is -2.42. The summed E-state index contributed by atoms with van der Waals surface area (Å²) in [5.41, 5.74) is 1.42. The van der Waals surface area contributed by atoms with Gasteiger partial charge in [0, 0.05) is 12.1 Å². The molecule has 170 valence electrons. The molecule has 1 fully saturated rings. The Kier molecular flexibility index (Phi) is 5.18. The maximum absolute atomic E-state index is 13.3. The first kappa shape index (κ1) is 21.2. The van der Waals surface area contributed by atoms with Crippen LogP contribution in [0.15, 0.2) is 70.2 Å². The van der Waals surface area contributed by atoms with Crippen LogP contribution in [0.5, 0.6) is 5.75 Å². The lowest BCUT2D eigenvalue weighted by atomic mass is 10.1. The number of ether oxygens (including phenoxy) is 1. The summed E-state index contributed by atoms with van der Waals surface area (Å²) in [6.45, 7) is 0.247. The third-order valence-electron chi connectivity index (χ3n) is 5.92. The van der Waals surface area contributed by atoms with Crippen molar-refractivity contribution in [1.82, 2.24) is 9.62 Å². The molecule has 1 saturated heterocycles. The Balaban J connectivity index is 1.42. The van der Waals surface area contributed by atoms with Gasteiger partial charge in [-0.25, -0.2) is 13.1 Å². The van der Waals surface area contributed by atoms with E-state index < -0.39 is 28.0 Å². The maximum Gasteiger partial charge on any atom is 0.256 e. The summed E-state index contributed by atoms with van der Waals surface area (Å²) < 4.78 is 39.0. The largest absolute Gasteiger partial charge is 0.497 e. The number of nitrogens with zero attached hydrogens (tertiary/aromatic N) is 1. The van der Waals surface area contributed by atoms with E-state index in [0.717, 1.165) is 0 Å². The minimum atomic E-state index is -3.91. The van der Waals surface area contributed by atoms with Gasteiger partial charge in [0.15, 0.2) is 0 Å². The number of carbonyl (C=O) groups is 2. The molecule has 2 unspecified atom stereocenters. The summed E-state index contributed by atoms with van der Waals surface area (Å²) in [5, 5.41) is 2.78. The summed E-state index contributed by atoms with van der Waals surface area (Å²) in [6, 6.07) is 12.8. The highest BCUT2D eigenvalue weighted by Crippen LogP contribution is 2.33. The van der Waals surface area contributed by atoms with Crippen molar-refractivity contribution in [2.24, 2.45) is 0 Å². The van der Waals surface area contributed by atoms with E-state index in [1.165, 1.54) is 24.1 Å². The molecule has 1 aromatic heterocycles. The van der Waals surface area contributed by atoms with Crippen molar-refractivity contribution in [3.63, 3.8) is 0 Å². The van der Waals surface area contributed by atoms with Crippen molar-refractivity contribution in [2.45, 2.75) is 23.4 Å². The number of hydrogen-bond donors (Lipinski definition) is 2. The van der Waals surface area contributed by atoms with Gasteiger partial charge in [-0.15, -0.1) is 0 Å². The van der Waals surface area contributed by atoms with Gasteiger partial charge in [-0.3, -0.25) is 9.59 Å². The molecule has 0 radical (unpaired) electrons. The molecule has 9 nitrogen and oxygen atoms in total. The standard InChI is InChI=1S/C23H21N3O6S/c1-31-15-5-7-16(8-6-15)33(29,30)25-19-10-11-26-21(19)22(27)24-18-9-4-14(13-17(18)23(26)28)20-3-2-12-32-20/h2-9,12-13,19,21,25H,10-11H2,1H3,(H,24,27). The average molecular weight is 468 g/mol. The van der Waals surface area contributed by atoms with Gasteiger partial charge in [-0.05, 0) is 61.0 Å². The van der Waals surface area contributed by atoms with Gasteiger partial charge in [0.2, 0.25) is 15.9 Å². The molecule has 2 atom stereocenters. The topological polar surface area (TPSA) is 118 Å². The van der Waals surface area contributed by atoms with E-state index in [2.05, 4.69) is 10.0 Å². The number of anilines is 1. The SMILES string of the molecule is COc1ccc(S(=O)(=O)NC2CCN3C(=O)c4cc(-c5ccco5)ccc4NC(=O)C23)cc1. The zero-order valence-corrected chi connectivity index (χ0v) is 18.5. The number of nitrogens with one attached hydrogen (secondary N) is 2. The molecule has 5 rings (SSSR count). The fourth-order valence-corrected chi connectivity index (χ4v) is 5.55. The highest BCUT2D eigenvalue weighted by atomic mass is 32.2. The Morgan fingerprint density at radius 2 is 1.91 bits per heavy atom. The zero-order valence-electron chi connectivity index (χ0n) is 17.6. The molecule has 33 heavy (non-hydrogen) atoms. The lowest BCUT2D eigenvalue weighted by Crippen LogP contribution is -2.51. The monoisotopic (exact) mass is 467 g/mol. The van der Waals surface area contributed by atoms with Gasteiger partial charge >= 0.3 is 0 Å². The average Bonchev–Trinajstić information content (AvgIpc) is 3.47. The molecule has 0 bridgehead atoms. The number of furan rings is 1. The van der Waals surface area contributed by atoms with Gasteiger partial charge < -0.3 is 19.4 Å². The van der Waals surface area contributed by atoms with Crippen molar-refractivity contribution < 1.29 is 27.2 Å². The van der Waals surface area contributed by atoms with E-state index in [4.69, 9.17) is 9.15 Å². The number of hydrogen-bond acceptors (Lipinski definition) is 6. The van der Waals surface area contributed by atoms with E-state index in [9.17, 15) is 18.0 Å². The number of carbonyl (C=O) groups excluding carboxylic acids is 2. The maximum atomic E-state index is 13.3. The summed E-state index contributed by atoms with van der Waals surface area (Å²) in [4.78, 5) is 27.9. The number of methoxy groups -OCH3 is 1. The molecule has 2 aliphatic rings. The van der Waals surface area contributed by atoms with Crippen LogP contribution >= 0.6 is 0 Å². The first-order chi connectivity index (χ1) is 15.9. The van der Waals surface area contributed by atoms with E-state index in [1.807, 2.05) is 0 Å². The predicted molar refractivity (Wildman–Crippen MR) is 119 cm³/mol. The second kappa shape index (κ2) is 8.05. The van der Waals surface area contributed by atoms with E-state index in [0.29, 0.717) is 34.7 Å². The molecule has 10 heteroatoms. The first-order valence-corrected chi connectivity index (χ1v) is 11.8. The smallest absolute Gasteiger partial charge is 0.256 e. The molecule has 2 N–H and O–H groups in total. The van der Waals surface area contributed by atoms with Crippen LogP contribution in [-0.4, -0.2) is 50.9 Å². The van der Waals surface area contributed by atoms with Crippen LogP contribution < -0.4 is 14.8 Å². The Morgan fingerprint density at radius 3 is 2.61 bits per heavy atom. The number of benzene rings is 2. The molecular weight excluding hydrogens is 446 g/mol. The molecule has 2 aromatic carbocycles. The lowest BCUT2D eigenvalue weighted by Gasteiger charge is -2.24. The minimum absolute atomic E-state index is 0.0495. The second-order valence-corrected chi connectivity index (χ2v) is 9.58. The Labute approximate surface area is 190 Å². The lowest BCUT2D eigenvalue weighted by molar-refractivity contribution is -0.120. The number of fused-ring (bicyclic) bond motifs is 2. The zero-order chi connectivity index (χ0) is 23.2. The van der Waals surface area contributed by atoms with Crippen LogP contribution in [0.25, 0.3) is 11.3 Å². The Bertz CT molecular complexity index is 1320. The van der Waals surface area contributed by atoms with Crippen LogP contribution in [0.1, 0.15) is 16.8 Å². The first-order valence-electron chi connectivity index (χ1n) is 10.3. The predicted octanol–water partition coefficient (Wildman–Crippen LogP) is 2.47. The minimum Gasteiger partial charge on any atom is -0.497 e. The van der Waals surface area contributed by atoms with E-state index >= 15 is 0 Å². The molecule has 2 aliphatic heterocycles. The number of amides is 2. The van der Waals surface area contributed by atoms with Crippen LogP contribution in [0.2, 0.25) is 0 Å². The van der Waals surface area contributed by atoms with Crippen LogP contribution in [-0.2, 0) is 14.8 Å². The van der Waals surface area contributed by atoms with Crippen molar-refractivity contribution in [2.75, 3.05) is 19.0 Å².